The lowest BCUT2D eigenvalue weighted by molar-refractivity contribution is 0.0524. The molecule has 0 fully saturated rings. The lowest BCUT2D eigenvalue weighted by atomic mass is 9.93. The van der Waals surface area contributed by atoms with Gasteiger partial charge in [-0.3, -0.25) is 4.79 Å². The van der Waals surface area contributed by atoms with Crippen LogP contribution in [0.15, 0.2) is 72.8 Å². The number of hydrogen-bond acceptors (Lipinski definition) is 2. The highest BCUT2D eigenvalue weighted by Gasteiger charge is 2.25. The third-order valence-electron chi connectivity index (χ3n) is 4.40. The maximum absolute atomic E-state index is 13.7. The molecule has 3 rings (SSSR count). The summed E-state index contributed by atoms with van der Waals surface area (Å²) in [5.74, 6) is -2.80. The first-order valence-electron chi connectivity index (χ1n) is 8.49. The van der Waals surface area contributed by atoms with E-state index < -0.39 is 28.7 Å². The number of amides is 1. The third kappa shape index (κ3) is 4.20. The smallest absolute Gasteiger partial charge is 0.257 e. The van der Waals surface area contributed by atoms with Crippen molar-refractivity contribution in [3.63, 3.8) is 0 Å². The number of halogens is 2. The summed E-state index contributed by atoms with van der Waals surface area (Å²) in [4.78, 5) is 12.1. The Labute approximate surface area is 156 Å². The molecular formula is C22H19F2NO2. The van der Waals surface area contributed by atoms with Crippen LogP contribution < -0.4 is 5.32 Å². The van der Waals surface area contributed by atoms with Gasteiger partial charge in [-0.05, 0) is 35.7 Å². The molecule has 0 radical (unpaired) electrons. The van der Waals surface area contributed by atoms with Crippen molar-refractivity contribution in [2.45, 2.75) is 12.5 Å². The van der Waals surface area contributed by atoms with Crippen LogP contribution >= 0.6 is 0 Å². The van der Waals surface area contributed by atoms with Crippen LogP contribution in [-0.2, 0) is 5.60 Å². The molecule has 0 aliphatic carbocycles. The molecule has 5 heteroatoms. The van der Waals surface area contributed by atoms with Crippen molar-refractivity contribution < 1.29 is 18.7 Å². The second-order valence-corrected chi connectivity index (χ2v) is 6.50. The monoisotopic (exact) mass is 367 g/mol. The van der Waals surface area contributed by atoms with Gasteiger partial charge in [0.2, 0.25) is 0 Å². The van der Waals surface area contributed by atoms with Crippen molar-refractivity contribution in [1.29, 1.82) is 0 Å². The fourth-order valence-electron chi connectivity index (χ4n) is 2.81. The van der Waals surface area contributed by atoms with E-state index in [0.717, 1.165) is 23.3 Å². The highest BCUT2D eigenvalue weighted by molar-refractivity contribution is 5.94. The van der Waals surface area contributed by atoms with Gasteiger partial charge < -0.3 is 10.4 Å². The molecule has 0 saturated heterocycles. The Hall–Kier alpha value is -3.05. The van der Waals surface area contributed by atoms with E-state index in [1.807, 2.05) is 42.5 Å². The number of aliphatic hydroxyl groups is 1. The molecule has 0 spiro atoms. The Morgan fingerprint density at radius 2 is 1.44 bits per heavy atom. The Balaban J connectivity index is 1.72. The van der Waals surface area contributed by atoms with E-state index >= 15 is 0 Å². The summed E-state index contributed by atoms with van der Waals surface area (Å²) in [6.45, 7) is 1.34. The molecule has 1 amide bonds. The lowest BCUT2D eigenvalue weighted by Crippen LogP contribution is -2.39. The van der Waals surface area contributed by atoms with Gasteiger partial charge in [-0.2, -0.15) is 0 Å². The normalized spacial score (nSPS) is 13.0. The van der Waals surface area contributed by atoms with Crippen molar-refractivity contribution in [2.75, 3.05) is 6.54 Å². The number of benzene rings is 3. The van der Waals surface area contributed by atoms with Crippen molar-refractivity contribution in [3.05, 3.63) is 95.6 Å². The molecule has 3 aromatic rings. The fraction of sp³-hybridized carbons (Fsp3) is 0.136. The number of nitrogens with one attached hydrogen (secondary N) is 1. The van der Waals surface area contributed by atoms with Crippen LogP contribution in [0, 0.1) is 11.6 Å². The maximum Gasteiger partial charge on any atom is 0.257 e. The summed E-state index contributed by atoms with van der Waals surface area (Å²) >= 11 is 0. The predicted molar refractivity (Wildman–Crippen MR) is 100 cm³/mol. The zero-order chi connectivity index (χ0) is 19.4. The van der Waals surface area contributed by atoms with E-state index in [4.69, 9.17) is 0 Å². The average Bonchev–Trinajstić information content (AvgIpc) is 2.67. The highest BCUT2D eigenvalue weighted by atomic mass is 19.1. The van der Waals surface area contributed by atoms with Gasteiger partial charge in [-0.1, -0.05) is 60.7 Å². The van der Waals surface area contributed by atoms with E-state index in [1.165, 1.54) is 13.0 Å². The number of hydrogen-bond donors (Lipinski definition) is 2. The Bertz CT molecular complexity index is 918. The maximum atomic E-state index is 13.7. The van der Waals surface area contributed by atoms with Crippen LogP contribution in [0.3, 0.4) is 0 Å². The Morgan fingerprint density at radius 3 is 2.04 bits per heavy atom. The van der Waals surface area contributed by atoms with Crippen molar-refractivity contribution in [3.8, 4) is 11.1 Å². The molecule has 3 aromatic carbocycles. The SMILES string of the molecule is CC(O)(CNC(=O)c1c(F)cccc1F)c1ccc(-c2ccccc2)cc1. The molecule has 27 heavy (non-hydrogen) atoms. The summed E-state index contributed by atoms with van der Waals surface area (Å²) in [6, 6.07) is 20.3. The largest absolute Gasteiger partial charge is 0.384 e. The average molecular weight is 367 g/mol. The Kier molecular flexibility index (Phi) is 5.33. The molecule has 1 atom stereocenters. The van der Waals surface area contributed by atoms with Crippen LogP contribution in [0.4, 0.5) is 8.78 Å². The summed E-state index contributed by atoms with van der Waals surface area (Å²) in [6.07, 6.45) is 0. The third-order valence-corrected chi connectivity index (χ3v) is 4.40. The topological polar surface area (TPSA) is 49.3 Å². The summed E-state index contributed by atoms with van der Waals surface area (Å²) in [5.41, 5.74) is 0.566. The standard InChI is InChI=1S/C22H19F2NO2/c1-22(27,14-25-21(26)20-18(23)8-5-9-19(20)24)17-12-10-16(11-13-17)15-6-3-2-4-7-15/h2-13,27H,14H2,1H3,(H,25,26). The van der Waals surface area contributed by atoms with Crippen LogP contribution in [0.25, 0.3) is 11.1 Å². The van der Waals surface area contributed by atoms with Crippen LogP contribution in [0.5, 0.6) is 0 Å². The van der Waals surface area contributed by atoms with E-state index in [-0.39, 0.29) is 6.54 Å². The minimum absolute atomic E-state index is 0.190. The van der Waals surface area contributed by atoms with Gasteiger partial charge in [0, 0.05) is 0 Å². The molecule has 2 N–H and O–H groups in total. The van der Waals surface area contributed by atoms with Gasteiger partial charge >= 0.3 is 0 Å². The summed E-state index contributed by atoms with van der Waals surface area (Å²) < 4.78 is 27.4. The summed E-state index contributed by atoms with van der Waals surface area (Å²) in [7, 11) is 0. The van der Waals surface area contributed by atoms with Crippen LogP contribution in [-0.4, -0.2) is 17.6 Å². The lowest BCUT2D eigenvalue weighted by Gasteiger charge is -2.24. The van der Waals surface area contributed by atoms with Gasteiger partial charge in [-0.15, -0.1) is 0 Å². The molecule has 0 heterocycles. The number of rotatable bonds is 5. The molecule has 1 unspecified atom stereocenters. The Morgan fingerprint density at radius 1 is 0.889 bits per heavy atom. The number of carbonyl (C=O) groups is 1. The molecule has 3 nitrogen and oxygen atoms in total. The van der Waals surface area contributed by atoms with Crippen LogP contribution in [0.2, 0.25) is 0 Å². The molecular weight excluding hydrogens is 348 g/mol. The second-order valence-electron chi connectivity index (χ2n) is 6.50. The minimum atomic E-state index is -1.40. The van der Waals surface area contributed by atoms with Crippen LogP contribution in [0.1, 0.15) is 22.8 Å². The predicted octanol–water partition coefficient (Wildman–Crippen LogP) is 4.27. The molecule has 138 valence electrons. The second kappa shape index (κ2) is 7.68. The summed E-state index contributed by atoms with van der Waals surface area (Å²) in [5, 5.41) is 13.1. The first kappa shape index (κ1) is 18.7. The van der Waals surface area contributed by atoms with Crippen molar-refractivity contribution >= 4 is 5.91 Å². The molecule has 0 saturated carbocycles. The first-order chi connectivity index (χ1) is 12.9. The number of carbonyl (C=O) groups excluding carboxylic acids is 1. The van der Waals surface area contributed by atoms with Gasteiger partial charge in [0.25, 0.3) is 5.91 Å². The van der Waals surface area contributed by atoms with Crippen molar-refractivity contribution in [1.82, 2.24) is 5.32 Å². The van der Waals surface area contributed by atoms with E-state index in [9.17, 15) is 18.7 Å². The molecule has 0 aliphatic heterocycles. The zero-order valence-corrected chi connectivity index (χ0v) is 14.7. The molecule has 0 aromatic heterocycles. The van der Waals surface area contributed by atoms with E-state index in [0.29, 0.717) is 5.56 Å². The quantitative estimate of drug-likeness (QED) is 0.708. The minimum Gasteiger partial charge on any atom is -0.384 e. The molecule has 0 aliphatic rings. The van der Waals surface area contributed by atoms with E-state index in [1.54, 1.807) is 12.1 Å². The highest BCUT2D eigenvalue weighted by Crippen LogP contribution is 2.25. The first-order valence-corrected chi connectivity index (χ1v) is 8.49. The van der Waals surface area contributed by atoms with Gasteiger partial charge in [0.15, 0.2) is 0 Å². The van der Waals surface area contributed by atoms with Gasteiger partial charge in [0.1, 0.15) is 22.8 Å². The van der Waals surface area contributed by atoms with E-state index in [2.05, 4.69) is 5.32 Å². The van der Waals surface area contributed by atoms with Gasteiger partial charge in [-0.25, -0.2) is 8.78 Å². The molecule has 0 bridgehead atoms. The zero-order valence-electron chi connectivity index (χ0n) is 14.7. The fourth-order valence-corrected chi connectivity index (χ4v) is 2.81. The van der Waals surface area contributed by atoms with Gasteiger partial charge in [0.05, 0.1) is 6.54 Å². The van der Waals surface area contributed by atoms with Crippen molar-refractivity contribution in [2.24, 2.45) is 0 Å².